The van der Waals surface area contributed by atoms with Crippen molar-refractivity contribution in [3.8, 4) is 0 Å². The van der Waals surface area contributed by atoms with E-state index in [9.17, 15) is 9.59 Å². The monoisotopic (exact) mass is 340 g/mol. The Balaban J connectivity index is 2.47. The second-order valence-corrected chi connectivity index (χ2v) is 5.03. The normalized spacial score (nSPS) is 13.2. The largest absolute Gasteiger partial charge is 0.368 e. The van der Waals surface area contributed by atoms with Crippen LogP contribution in [0.1, 0.15) is 34.6 Å². The molecule has 0 radical (unpaired) electrons. The van der Waals surface area contributed by atoms with Crippen LogP contribution >= 0.6 is 0 Å². The number of carbonyl (C=O) groups excluding carboxylic acids is 2. The number of ether oxygens (including phenoxy) is 2. The zero-order valence-electron chi connectivity index (χ0n) is 13.8. The Kier molecular flexibility index (Phi) is 8.95. The number of benzene rings is 1. The molecule has 0 aliphatic rings. The van der Waals surface area contributed by atoms with Gasteiger partial charge in [0.2, 0.25) is 0 Å². The number of hydrogen-bond acceptors (Lipinski definition) is 6. The van der Waals surface area contributed by atoms with Crippen molar-refractivity contribution in [3.05, 3.63) is 35.4 Å². The lowest BCUT2D eigenvalue weighted by Crippen LogP contribution is -2.30. The van der Waals surface area contributed by atoms with Crippen LogP contribution in [0.15, 0.2) is 24.3 Å². The molecule has 0 aliphatic heterocycles. The third-order valence-electron chi connectivity index (χ3n) is 2.88. The molecule has 0 spiro atoms. The van der Waals surface area contributed by atoms with Crippen LogP contribution in [0.4, 0.5) is 0 Å². The molecule has 0 bridgehead atoms. The van der Waals surface area contributed by atoms with E-state index in [2.05, 4.69) is 10.6 Å². The second kappa shape index (κ2) is 10.7. The Morgan fingerprint density at radius 1 is 0.958 bits per heavy atom. The lowest BCUT2D eigenvalue weighted by Gasteiger charge is -2.10. The van der Waals surface area contributed by atoms with Crippen molar-refractivity contribution in [2.75, 3.05) is 26.3 Å². The predicted octanol–water partition coefficient (Wildman–Crippen LogP) is -0.144. The highest BCUT2D eigenvalue weighted by Crippen LogP contribution is 2.05. The third-order valence-corrected chi connectivity index (χ3v) is 2.88. The van der Waals surface area contributed by atoms with Gasteiger partial charge in [-0.25, -0.2) is 0 Å². The molecule has 2 unspecified atom stereocenters. The van der Waals surface area contributed by atoms with E-state index in [-0.39, 0.29) is 38.1 Å². The zero-order valence-corrected chi connectivity index (χ0v) is 13.8. The molecule has 0 saturated carbocycles. The Bertz CT molecular complexity index is 490. The van der Waals surface area contributed by atoms with Gasteiger partial charge in [-0.15, -0.1) is 0 Å². The van der Waals surface area contributed by atoms with Crippen molar-refractivity contribution < 1.29 is 29.3 Å². The fourth-order valence-corrected chi connectivity index (χ4v) is 1.79. The van der Waals surface area contributed by atoms with Crippen LogP contribution in [0, 0.1) is 0 Å². The molecule has 8 nitrogen and oxygen atoms in total. The van der Waals surface area contributed by atoms with Crippen molar-refractivity contribution >= 4 is 11.8 Å². The summed E-state index contributed by atoms with van der Waals surface area (Å²) in [7, 11) is 0. The minimum atomic E-state index is -0.883. The average molecular weight is 340 g/mol. The first-order valence-electron chi connectivity index (χ1n) is 7.66. The van der Waals surface area contributed by atoms with Crippen LogP contribution in [-0.4, -0.2) is 60.9 Å². The maximum absolute atomic E-state index is 12.0. The minimum absolute atomic E-state index is 0.187. The zero-order chi connectivity index (χ0) is 17.9. The van der Waals surface area contributed by atoms with Crippen LogP contribution in [0.2, 0.25) is 0 Å². The highest BCUT2D eigenvalue weighted by Gasteiger charge is 2.10. The molecule has 1 aromatic carbocycles. The fourth-order valence-electron chi connectivity index (χ4n) is 1.79. The van der Waals surface area contributed by atoms with Gasteiger partial charge in [0.25, 0.3) is 11.8 Å². The summed E-state index contributed by atoms with van der Waals surface area (Å²) in [4.78, 5) is 24.0. The van der Waals surface area contributed by atoms with Crippen LogP contribution in [0.5, 0.6) is 0 Å². The summed E-state index contributed by atoms with van der Waals surface area (Å²) >= 11 is 0. The van der Waals surface area contributed by atoms with E-state index in [1.54, 1.807) is 18.2 Å². The highest BCUT2D eigenvalue weighted by atomic mass is 16.6. The molecule has 24 heavy (non-hydrogen) atoms. The first-order chi connectivity index (χ1) is 11.4. The van der Waals surface area contributed by atoms with Crippen LogP contribution in [0.3, 0.4) is 0 Å². The molecule has 2 amide bonds. The molecule has 1 rings (SSSR count). The molecule has 2 atom stereocenters. The van der Waals surface area contributed by atoms with Crippen molar-refractivity contribution in [3.63, 3.8) is 0 Å². The van der Waals surface area contributed by atoms with E-state index in [1.807, 2.05) is 0 Å². The molecular formula is C16H24N2O6. The van der Waals surface area contributed by atoms with Gasteiger partial charge in [0, 0.05) is 24.2 Å². The van der Waals surface area contributed by atoms with Gasteiger partial charge in [-0.1, -0.05) is 6.07 Å². The predicted molar refractivity (Wildman–Crippen MR) is 86.4 cm³/mol. The number of amides is 2. The standard InChI is InChI=1S/C16H24N2O6/c1-11(19)23-8-6-17-15(21)13-4-3-5-14(10-13)16(22)18-7-9-24-12(2)20/h3-5,10-12,19-20H,6-9H2,1-2H3,(H,17,21)(H,18,22). The minimum Gasteiger partial charge on any atom is -0.368 e. The van der Waals surface area contributed by atoms with E-state index in [4.69, 9.17) is 19.7 Å². The molecule has 0 heterocycles. The van der Waals surface area contributed by atoms with Crippen LogP contribution in [0.25, 0.3) is 0 Å². The van der Waals surface area contributed by atoms with Gasteiger partial charge < -0.3 is 30.3 Å². The summed E-state index contributed by atoms with van der Waals surface area (Å²) in [6, 6.07) is 6.29. The van der Waals surface area contributed by atoms with Gasteiger partial charge in [0.15, 0.2) is 12.6 Å². The second-order valence-electron chi connectivity index (χ2n) is 5.03. The Morgan fingerprint density at radius 3 is 1.75 bits per heavy atom. The van der Waals surface area contributed by atoms with Crippen LogP contribution in [-0.2, 0) is 9.47 Å². The van der Waals surface area contributed by atoms with Gasteiger partial charge in [-0.2, -0.15) is 0 Å². The molecule has 0 aromatic heterocycles. The van der Waals surface area contributed by atoms with Gasteiger partial charge in [-0.05, 0) is 32.0 Å². The molecule has 134 valence electrons. The van der Waals surface area contributed by atoms with E-state index in [0.29, 0.717) is 11.1 Å². The number of aliphatic hydroxyl groups excluding tert-OH is 2. The Hall–Kier alpha value is -2.00. The number of carbonyl (C=O) groups is 2. The third kappa shape index (κ3) is 8.02. The van der Waals surface area contributed by atoms with Crippen molar-refractivity contribution in [2.24, 2.45) is 0 Å². The van der Waals surface area contributed by atoms with E-state index in [0.717, 1.165) is 0 Å². The molecule has 0 aliphatic carbocycles. The summed E-state index contributed by atoms with van der Waals surface area (Å²) in [5, 5.41) is 23.2. The van der Waals surface area contributed by atoms with E-state index >= 15 is 0 Å². The average Bonchev–Trinajstić information content (AvgIpc) is 2.55. The van der Waals surface area contributed by atoms with Gasteiger partial charge >= 0.3 is 0 Å². The number of rotatable bonds is 10. The number of nitrogens with one attached hydrogen (secondary N) is 2. The van der Waals surface area contributed by atoms with Crippen LogP contribution < -0.4 is 10.6 Å². The first kappa shape index (κ1) is 20.0. The lowest BCUT2D eigenvalue weighted by molar-refractivity contribution is -0.0834. The van der Waals surface area contributed by atoms with Gasteiger partial charge in [0.05, 0.1) is 13.2 Å². The first-order valence-corrected chi connectivity index (χ1v) is 7.66. The van der Waals surface area contributed by atoms with Gasteiger partial charge in [-0.3, -0.25) is 9.59 Å². The van der Waals surface area contributed by atoms with Crippen molar-refractivity contribution in [2.45, 2.75) is 26.4 Å². The Morgan fingerprint density at radius 2 is 1.38 bits per heavy atom. The molecule has 4 N–H and O–H groups in total. The number of aliphatic hydroxyl groups is 2. The highest BCUT2D eigenvalue weighted by molar-refractivity contribution is 5.99. The smallest absolute Gasteiger partial charge is 0.251 e. The molecule has 1 aromatic rings. The topological polar surface area (TPSA) is 117 Å². The molecule has 8 heteroatoms. The number of hydrogen-bond donors (Lipinski definition) is 4. The SMILES string of the molecule is CC(O)OCCNC(=O)c1cccc(C(=O)NCCOC(C)O)c1. The fraction of sp³-hybridized carbons (Fsp3) is 0.500. The Labute approximate surface area is 140 Å². The quantitative estimate of drug-likeness (QED) is 0.348. The lowest BCUT2D eigenvalue weighted by atomic mass is 10.1. The van der Waals surface area contributed by atoms with E-state index in [1.165, 1.54) is 19.9 Å². The maximum Gasteiger partial charge on any atom is 0.251 e. The summed E-state index contributed by atoms with van der Waals surface area (Å²) in [6.07, 6.45) is -1.77. The van der Waals surface area contributed by atoms with Crippen molar-refractivity contribution in [1.29, 1.82) is 0 Å². The maximum atomic E-state index is 12.0. The van der Waals surface area contributed by atoms with E-state index < -0.39 is 12.6 Å². The summed E-state index contributed by atoms with van der Waals surface area (Å²) in [5.74, 6) is -0.674. The van der Waals surface area contributed by atoms with Gasteiger partial charge in [0.1, 0.15) is 0 Å². The summed E-state index contributed by atoms with van der Waals surface area (Å²) in [6.45, 7) is 3.83. The summed E-state index contributed by atoms with van der Waals surface area (Å²) < 4.78 is 9.82. The molecular weight excluding hydrogens is 316 g/mol. The molecule has 0 saturated heterocycles. The van der Waals surface area contributed by atoms with Crippen molar-refractivity contribution in [1.82, 2.24) is 10.6 Å². The summed E-state index contributed by atoms with van der Waals surface area (Å²) in [5.41, 5.74) is 0.694. The molecule has 0 fully saturated rings.